The largest absolute Gasteiger partial charge is 0.496 e. The van der Waals surface area contributed by atoms with E-state index in [0.29, 0.717) is 5.91 Å². The van der Waals surface area contributed by atoms with Gasteiger partial charge in [-0.15, -0.1) is 0 Å². The number of ether oxygens (including phenoxy) is 1. The zero-order valence-electron chi connectivity index (χ0n) is 14.4. The highest BCUT2D eigenvalue weighted by Gasteiger charge is 2.30. The number of amides is 1. The molecule has 1 saturated heterocycles. The number of benzene rings is 1. The first-order valence-corrected chi connectivity index (χ1v) is 9.33. The molecule has 1 fully saturated rings. The van der Waals surface area contributed by atoms with E-state index in [0.717, 1.165) is 55.8 Å². The molecular weight excluding hydrogens is 356 g/mol. The smallest absolute Gasteiger partial charge is 0.231 e. The van der Waals surface area contributed by atoms with Gasteiger partial charge < -0.3 is 14.5 Å². The Morgan fingerprint density at radius 1 is 1.39 bits per heavy atom. The summed E-state index contributed by atoms with van der Waals surface area (Å²) in [6.45, 7) is 8.79. The average molecular weight is 384 g/mol. The van der Waals surface area contributed by atoms with Crippen molar-refractivity contribution in [2.75, 3.05) is 33.3 Å². The molecule has 1 unspecified atom stereocenters. The van der Waals surface area contributed by atoms with Crippen LogP contribution in [0, 0.1) is 5.92 Å². The number of hydrogen-bond donors (Lipinski definition) is 1. The van der Waals surface area contributed by atoms with Crippen molar-refractivity contribution in [1.29, 1.82) is 0 Å². The van der Waals surface area contributed by atoms with Gasteiger partial charge in [-0.25, -0.2) is 0 Å². The number of carbonyl (C=O) groups is 1. The molecule has 0 spiro atoms. The molecule has 1 N–H and O–H groups in total. The summed E-state index contributed by atoms with van der Waals surface area (Å²) in [7, 11) is 1.68. The van der Waals surface area contributed by atoms with Crippen molar-refractivity contribution in [2.45, 2.75) is 33.2 Å². The molecule has 1 aromatic rings. The van der Waals surface area contributed by atoms with E-state index < -0.39 is 0 Å². The minimum absolute atomic E-state index is 0.181. The second-order valence-electron chi connectivity index (χ2n) is 6.20. The maximum atomic E-state index is 12.6. The summed E-state index contributed by atoms with van der Waals surface area (Å²) in [6, 6.07) is 6.25. The van der Waals surface area contributed by atoms with Crippen molar-refractivity contribution in [2.24, 2.45) is 5.92 Å². The third-order valence-electron chi connectivity index (χ3n) is 4.71. The highest BCUT2D eigenvalue weighted by Crippen LogP contribution is 2.25. The van der Waals surface area contributed by atoms with Crippen molar-refractivity contribution in [3.05, 3.63) is 28.2 Å². The number of carbonyl (C=O) groups excluding carboxylic acids is 1. The van der Waals surface area contributed by atoms with Crippen molar-refractivity contribution >= 4 is 21.8 Å². The number of hydrogen-bond acceptors (Lipinski definition) is 2. The standard InChI is InChI=1S/C18H27BrN2O2/c1-4-21(5-2)18(22)15-7-6-10-20(13-15)12-14-8-9-17(23-3)16(19)11-14/h8-9,11,15H,4-7,10,12-13H2,1-3H3/p+1/t15-/m0/s1. The number of methoxy groups -OCH3 is 1. The Morgan fingerprint density at radius 3 is 2.74 bits per heavy atom. The van der Waals surface area contributed by atoms with Crippen molar-refractivity contribution in [3.63, 3.8) is 0 Å². The second kappa shape index (κ2) is 8.69. The fraction of sp³-hybridized carbons (Fsp3) is 0.611. The number of nitrogens with one attached hydrogen (secondary N) is 1. The molecular formula is C18H28BrN2O2+. The van der Waals surface area contributed by atoms with Crippen molar-refractivity contribution in [3.8, 4) is 5.75 Å². The average Bonchev–Trinajstić information content (AvgIpc) is 2.56. The lowest BCUT2D eigenvalue weighted by molar-refractivity contribution is -0.921. The Morgan fingerprint density at radius 2 is 2.13 bits per heavy atom. The molecule has 1 heterocycles. The van der Waals surface area contributed by atoms with Gasteiger partial charge >= 0.3 is 0 Å². The maximum absolute atomic E-state index is 12.6. The van der Waals surface area contributed by atoms with Gasteiger partial charge in [-0.2, -0.15) is 0 Å². The fourth-order valence-electron chi connectivity index (χ4n) is 3.42. The van der Waals surface area contributed by atoms with Gasteiger partial charge in [0.15, 0.2) is 0 Å². The molecule has 128 valence electrons. The third-order valence-corrected chi connectivity index (χ3v) is 5.33. The first kappa shape index (κ1) is 18.3. The third kappa shape index (κ3) is 4.70. The summed E-state index contributed by atoms with van der Waals surface area (Å²) in [5.41, 5.74) is 1.28. The van der Waals surface area contributed by atoms with Crippen LogP contribution in [0.25, 0.3) is 0 Å². The Labute approximate surface area is 147 Å². The summed E-state index contributed by atoms with van der Waals surface area (Å²) in [5.74, 6) is 1.38. The molecule has 1 aliphatic heterocycles. The molecule has 1 aliphatic rings. The zero-order valence-corrected chi connectivity index (χ0v) is 16.0. The Kier molecular flexibility index (Phi) is 6.90. The summed E-state index contributed by atoms with van der Waals surface area (Å²) in [4.78, 5) is 16.1. The molecule has 0 aliphatic carbocycles. The van der Waals surface area contributed by atoms with Gasteiger partial charge in [0.25, 0.3) is 0 Å². The molecule has 1 amide bonds. The summed E-state index contributed by atoms with van der Waals surface area (Å²) >= 11 is 3.55. The predicted octanol–water partition coefficient (Wildman–Crippen LogP) is 2.12. The number of likely N-dealkylation sites (tertiary alicyclic amines) is 1. The highest BCUT2D eigenvalue weighted by atomic mass is 79.9. The quantitative estimate of drug-likeness (QED) is 0.816. The molecule has 0 bridgehead atoms. The summed E-state index contributed by atoms with van der Waals surface area (Å²) in [5, 5.41) is 0. The van der Waals surface area contributed by atoms with Gasteiger partial charge in [-0.1, -0.05) is 0 Å². The number of rotatable bonds is 6. The first-order valence-electron chi connectivity index (χ1n) is 8.53. The minimum Gasteiger partial charge on any atom is -0.496 e. The second-order valence-corrected chi connectivity index (χ2v) is 7.05. The molecule has 2 rings (SSSR count). The molecule has 5 heteroatoms. The van der Waals surface area contributed by atoms with Crippen LogP contribution in [0.5, 0.6) is 5.75 Å². The molecule has 4 nitrogen and oxygen atoms in total. The number of halogens is 1. The van der Waals surface area contributed by atoms with Crippen LogP contribution in [0.15, 0.2) is 22.7 Å². The fourth-order valence-corrected chi connectivity index (χ4v) is 4.01. The van der Waals surface area contributed by atoms with E-state index in [-0.39, 0.29) is 5.92 Å². The maximum Gasteiger partial charge on any atom is 0.231 e. The van der Waals surface area contributed by atoms with Crippen LogP contribution < -0.4 is 9.64 Å². The summed E-state index contributed by atoms with van der Waals surface area (Å²) < 4.78 is 6.28. The molecule has 1 aromatic carbocycles. The lowest BCUT2D eigenvalue weighted by Crippen LogP contribution is -3.12. The van der Waals surface area contributed by atoms with Gasteiger partial charge in [0.05, 0.1) is 30.6 Å². The van der Waals surface area contributed by atoms with Crippen LogP contribution in [0.4, 0.5) is 0 Å². The van der Waals surface area contributed by atoms with E-state index in [2.05, 4.69) is 41.9 Å². The minimum atomic E-state index is 0.181. The van der Waals surface area contributed by atoms with E-state index in [9.17, 15) is 4.79 Å². The Bertz CT molecular complexity index is 532. The molecule has 23 heavy (non-hydrogen) atoms. The van der Waals surface area contributed by atoms with Crippen LogP contribution in [-0.4, -0.2) is 44.1 Å². The highest BCUT2D eigenvalue weighted by molar-refractivity contribution is 9.10. The first-order chi connectivity index (χ1) is 11.1. The van der Waals surface area contributed by atoms with E-state index in [4.69, 9.17) is 4.74 Å². The molecule has 0 saturated carbocycles. The number of quaternary nitrogens is 1. The van der Waals surface area contributed by atoms with Crippen LogP contribution >= 0.6 is 15.9 Å². The molecule has 0 aromatic heterocycles. The lowest BCUT2D eigenvalue weighted by atomic mass is 9.96. The SMILES string of the molecule is CCN(CC)C(=O)[C@H]1CCC[NH+](Cc2ccc(OC)c(Br)c2)C1. The number of piperidine rings is 1. The van der Waals surface area contributed by atoms with E-state index >= 15 is 0 Å². The van der Waals surface area contributed by atoms with Gasteiger partial charge in [0.1, 0.15) is 12.3 Å². The predicted molar refractivity (Wildman–Crippen MR) is 95.7 cm³/mol. The van der Waals surface area contributed by atoms with Crippen molar-refractivity contribution in [1.82, 2.24) is 4.90 Å². The van der Waals surface area contributed by atoms with Crippen molar-refractivity contribution < 1.29 is 14.4 Å². The van der Waals surface area contributed by atoms with Crippen LogP contribution in [0.1, 0.15) is 32.3 Å². The van der Waals surface area contributed by atoms with Gasteiger partial charge in [-0.05, 0) is 60.8 Å². The van der Waals surface area contributed by atoms with Crippen LogP contribution in [0.2, 0.25) is 0 Å². The lowest BCUT2D eigenvalue weighted by Gasteiger charge is -2.32. The van der Waals surface area contributed by atoms with Gasteiger partial charge in [0, 0.05) is 18.7 Å². The van der Waals surface area contributed by atoms with E-state index in [1.165, 1.54) is 10.5 Å². The molecule has 2 atom stereocenters. The van der Waals surface area contributed by atoms with Gasteiger partial charge in [-0.3, -0.25) is 4.79 Å². The monoisotopic (exact) mass is 383 g/mol. The topological polar surface area (TPSA) is 34.0 Å². The normalized spacial score (nSPS) is 21.0. The van der Waals surface area contributed by atoms with Crippen LogP contribution in [-0.2, 0) is 11.3 Å². The number of nitrogens with zero attached hydrogens (tertiary/aromatic N) is 1. The molecule has 0 radical (unpaired) electrons. The Balaban J connectivity index is 1.98. The zero-order chi connectivity index (χ0) is 16.8. The Hall–Kier alpha value is -1.07. The van der Waals surface area contributed by atoms with E-state index in [1.807, 2.05) is 11.0 Å². The van der Waals surface area contributed by atoms with Crippen LogP contribution in [0.3, 0.4) is 0 Å². The summed E-state index contributed by atoms with van der Waals surface area (Å²) in [6.07, 6.45) is 2.16. The van der Waals surface area contributed by atoms with Gasteiger partial charge in [0.2, 0.25) is 5.91 Å². The van der Waals surface area contributed by atoms with E-state index in [1.54, 1.807) is 7.11 Å².